The lowest BCUT2D eigenvalue weighted by Gasteiger charge is -2.23. The van der Waals surface area contributed by atoms with E-state index in [1.807, 2.05) is 49.4 Å². The number of hydrogen-bond acceptors (Lipinski definition) is 4. The zero-order valence-electron chi connectivity index (χ0n) is 15.0. The van der Waals surface area contributed by atoms with E-state index in [-0.39, 0.29) is 18.4 Å². The number of carbonyl (C=O) groups is 2. The smallest absolute Gasteiger partial charge is 0.324 e. The first kappa shape index (κ1) is 18.2. The van der Waals surface area contributed by atoms with E-state index >= 15 is 0 Å². The van der Waals surface area contributed by atoms with E-state index in [4.69, 9.17) is 9.47 Å². The minimum atomic E-state index is -1.23. The zero-order valence-corrected chi connectivity index (χ0v) is 15.0. The Kier molecular flexibility index (Phi) is 5.16. The number of ether oxygens (including phenoxy) is 2. The molecule has 1 fully saturated rings. The summed E-state index contributed by atoms with van der Waals surface area (Å²) in [6, 6.07) is 9.79. The fourth-order valence-electron chi connectivity index (χ4n) is 3.03. The van der Waals surface area contributed by atoms with Gasteiger partial charge in [0, 0.05) is 5.92 Å². The van der Waals surface area contributed by atoms with E-state index in [1.54, 1.807) is 27.7 Å². The summed E-state index contributed by atoms with van der Waals surface area (Å²) in [6.07, 6.45) is 3.85. The molecule has 4 nitrogen and oxygen atoms in total. The van der Waals surface area contributed by atoms with Crippen molar-refractivity contribution in [2.45, 2.75) is 40.2 Å². The molecule has 1 aromatic carbocycles. The molecule has 0 bridgehead atoms. The van der Waals surface area contributed by atoms with Crippen molar-refractivity contribution >= 4 is 18.0 Å². The Hall–Kier alpha value is -2.10. The quantitative estimate of drug-likeness (QED) is 0.608. The van der Waals surface area contributed by atoms with Gasteiger partial charge in [-0.25, -0.2) is 0 Å². The maximum absolute atomic E-state index is 12.7. The van der Waals surface area contributed by atoms with Crippen LogP contribution in [0.1, 0.15) is 40.2 Å². The van der Waals surface area contributed by atoms with E-state index in [9.17, 15) is 9.59 Å². The molecule has 4 heteroatoms. The van der Waals surface area contributed by atoms with Gasteiger partial charge in [-0.05, 0) is 39.2 Å². The third-order valence-corrected chi connectivity index (χ3v) is 4.32. The van der Waals surface area contributed by atoms with E-state index in [1.165, 1.54) is 0 Å². The van der Waals surface area contributed by atoms with Gasteiger partial charge < -0.3 is 9.47 Å². The van der Waals surface area contributed by atoms with Crippen molar-refractivity contribution in [3.05, 3.63) is 42.0 Å². The summed E-state index contributed by atoms with van der Waals surface area (Å²) in [7, 11) is 0. The van der Waals surface area contributed by atoms with Crippen molar-refractivity contribution in [1.82, 2.24) is 0 Å². The van der Waals surface area contributed by atoms with Gasteiger partial charge in [-0.3, -0.25) is 9.59 Å². The van der Waals surface area contributed by atoms with Crippen LogP contribution in [0.4, 0.5) is 0 Å². The van der Waals surface area contributed by atoms with Crippen LogP contribution < -0.4 is 0 Å². The van der Waals surface area contributed by atoms with E-state index in [0.717, 1.165) is 5.56 Å². The molecule has 0 spiro atoms. The number of carbonyl (C=O) groups excluding carboxylic acids is 2. The summed E-state index contributed by atoms with van der Waals surface area (Å²) in [5.41, 5.74) is -0.847. The van der Waals surface area contributed by atoms with Gasteiger partial charge in [0.15, 0.2) is 5.41 Å². The fraction of sp³-hybridized carbons (Fsp3) is 0.500. The monoisotopic (exact) mass is 330 g/mol. The summed E-state index contributed by atoms with van der Waals surface area (Å²) in [4.78, 5) is 25.3. The molecule has 0 heterocycles. The lowest BCUT2D eigenvalue weighted by atomic mass is 10.0. The molecular weight excluding hydrogens is 304 g/mol. The van der Waals surface area contributed by atoms with Crippen LogP contribution in [-0.4, -0.2) is 24.1 Å². The number of hydrogen-bond donors (Lipinski definition) is 0. The Labute approximate surface area is 143 Å². The average Bonchev–Trinajstić information content (AvgIpc) is 3.10. The molecule has 0 unspecified atom stereocenters. The van der Waals surface area contributed by atoms with Crippen LogP contribution >= 0.6 is 0 Å². The van der Waals surface area contributed by atoms with Crippen molar-refractivity contribution in [3.63, 3.8) is 0 Å². The van der Waals surface area contributed by atoms with Gasteiger partial charge in [0.25, 0.3) is 0 Å². The van der Waals surface area contributed by atoms with Crippen molar-refractivity contribution in [2.75, 3.05) is 6.61 Å². The molecule has 24 heavy (non-hydrogen) atoms. The van der Waals surface area contributed by atoms with Crippen LogP contribution in [0.15, 0.2) is 36.4 Å². The Morgan fingerprint density at radius 1 is 1.17 bits per heavy atom. The Morgan fingerprint density at radius 3 is 2.33 bits per heavy atom. The lowest BCUT2D eigenvalue weighted by molar-refractivity contribution is -0.172. The van der Waals surface area contributed by atoms with Gasteiger partial charge >= 0.3 is 11.9 Å². The summed E-state index contributed by atoms with van der Waals surface area (Å²) in [6.45, 7) is 9.26. The molecule has 0 amide bonds. The standard InChI is InChI=1S/C20H26O4/c1-6-23-17(21)20(18(22)24-19(3,4)5)14(2)16(20)13-12-15-10-8-7-9-11-15/h7-14,16H,6H2,1-5H3/b13-12+/t14-,16-,20+/m1/s1. The third-order valence-electron chi connectivity index (χ3n) is 4.32. The largest absolute Gasteiger partial charge is 0.465 e. The number of benzene rings is 1. The summed E-state index contributed by atoms with van der Waals surface area (Å²) >= 11 is 0. The third kappa shape index (κ3) is 3.53. The van der Waals surface area contributed by atoms with Gasteiger partial charge in [-0.15, -0.1) is 0 Å². The molecule has 1 aromatic rings. The van der Waals surface area contributed by atoms with Gasteiger partial charge in [-0.1, -0.05) is 49.4 Å². The van der Waals surface area contributed by atoms with Crippen LogP contribution in [0, 0.1) is 17.3 Å². The van der Waals surface area contributed by atoms with Gasteiger partial charge in [0.1, 0.15) is 5.60 Å². The van der Waals surface area contributed by atoms with Gasteiger partial charge in [0.05, 0.1) is 6.61 Å². The SMILES string of the molecule is CCOC(=O)[C@]1(C(=O)OC(C)(C)C)[C@H](C)[C@H]1/C=C/c1ccccc1. The Balaban J connectivity index is 2.26. The molecule has 1 saturated carbocycles. The minimum absolute atomic E-state index is 0.147. The van der Waals surface area contributed by atoms with E-state index in [0.29, 0.717) is 0 Å². The molecule has 2 rings (SSSR count). The summed E-state index contributed by atoms with van der Waals surface area (Å²) in [5, 5.41) is 0. The second-order valence-corrected chi connectivity index (χ2v) is 7.18. The summed E-state index contributed by atoms with van der Waals surface area (Å²) < 4.78 is 10.7. The molecule has 3 atom stereocenters. The first-order chi connectivity index (χ1) is 11.2. The highest BCUT2D eigenvalue weighted by Crippen LogP contribution is 2.61. The number of allylic oxidation sites excluding steroid dienone is 1. The second kappa shape index (κ2) is 6.80. The Bertz CT molecular complexity index is 627. The predicted molar refractivity (Wildman–Crippen MR) is 93.0 cm³/mol. The first-order valence-corrected chi connectivity index (χ1v) is 8.37. The maximum atomic E-state index is 12.7. The maximum Gasteiger partial charge on any atom is 0.324 e. The molecule has 0 aliphatic heterocycles. The number of rotatable bonds is 5. The van der Waals surface area contributed by atoms with Crippen LogP contribution in [0.2, 0.25) is 0 Å². The van der Waals surface area contributed by atoms with Crippen LogP contribution in [0.5, 0.6) is 0 Å². The normalized spacial score (nSPS) is 26.2. The second-order valence-electron chi connectivity index (χ2n) is 7.18. The topological polar surface area (TPSA) is 52.6 Å². The van der Waals surface area contributed by atoms with Crippen molar-refractivity contribution < 1.29 is 19.1 Å². The first-order valence-electron chi connectivity index (χ1n) is 8.37. The molecule has 0 N–H and O–H groups in total. The van der Waals surface area contributed by atoms with Crippen LogP contribution in [0.25, 0.3) is 6.08 Å². The molecule has 0 aromatic heterocycles. The molecule has 0 radical (unpaired) electrons. The number of esters is 2. The van der Waals surface area contributed by atoms with Gasteiger partial charge in [-0.2, -0.15) is 0 Å². The van der Waals surface area contributed by atoms with Crippen LogP contribution in [-0.2, 0) is 19.1 Å². The molecular formula is C20H26O4. The van der Waals surface area contributed by atoms with E-state index in [2.05, 4.69) is 0 Å². The van der Waals surface area contributed by atoms with E-state index < -0.39 is 23.0 Å². The highest BCUT2D eigenvalue weighted by Gasteiger charge is 2.73. The fourth-order valence-corrected chi connectivity index (χ4v) is 3.03. The van der Waals surface area contributed by atoms with Crippen molar-refractivity contribution in [3.8, 4) is 0 Å². The molecule has 130 valence electrons. The minimum Gasteiger partial charge on any atom is -0.465 e. The molecule has 0 saturated heterocycles. The molecule has 1 aliphatic rings. The van der Waals surface area contributed by atoms with Crippen molar-refractivity contribution in [1.29, 1.82) is 0 Å². The van der Waals surface area contributed by atoms with Crippen LogP contribution in [0.3, 0.4) is 0 Å². The highest BCUT2D eigenvalue weighted by molar-refractivity contribution is 6.05. The van der Waals surface area contributed by atoms with Gasteiger partial charge in [0.2, 0.25) is 0 Å². The lowest BCUT2D eigenvalue weighted by Crippen LogP contribution is -2.37. The average molecular weight is 330 g/mol. The Morgan fingerprint density at radius 2 is 1.79 bits per heavy atom. The highest BCUT2D eigenvalue weighted by atomic mass is 16.6. The zero-order chi connectivity index (χ0) is 18.0. The predicted octanol–water partition coefficient (Wildman–Crippen LogP) is 3.86. The van der Waals surface area contributed by atoms with Crippen molar-refractivity contribution in [2.24, 2.45) is 17.3 Å². The molecule has 1 aliphatic carbocycles. The summed E-state index contributed by atoms with van der Waals surface area (Å²) in [5.74, 6) is -1.35.